The predicted octanol–water partition coefficient (Wildman–Crippen LogP) is 6.97. The Kier molecular flexibility index (Phi) is 3.74. The first kappa shape index (κ1) is 16.7. The highest BCUT2D eigenvalue weighted by molar-refractivity contribution is 6.09. The fourth-order valence-electron chi connectivity index (χ4n) is 3.83. The fourth-order valence-corrected chi connectivity index (χ4v) is 3.83. The largest absolute Gasteiger partial charge is 0.455 e. The lowest BCUT2D eigenvalue weighted by Crippen LogP contribution is -1.82. The molecule has 0 aliphatic rings. The lowest BCUT2D eigenvalue weighted by Gasteiger charge is -2.04. The van der Waals surface area contributed by atoms with Crippen molar-refractivity contribution in [3.63, 3.8) is 0 Å². The second-order valence-corrected chi connectivity index (χ2v) is 7.14. The van der Waals surface area contributed by atoms with E-state index in [0.717, 1.165) is 44.2 Å². The topological polar surface area (TPSA) is 52.1 Å². The van der Waals surface area contributed by atoms with Crippen LogP contribution in [0.5, 0.6) is 0 Å². The Bertz CT molecular complexity index is 1500. The summed E-state index contributed by atoms with van der Waals surface area (Å²) in [6.45, 7) is 0. The second-order valence-electron chi connectivity index (χ2n) is 7.14. The number of hydrogen-bond donors (Lipinski definition) is 0. The minimum absolute atomic E-state index is 0.493. The molecule has 0 saturated carbocycles. The van der Waals surface area contributed by atoms with Crippen molar-refractivity contribution in [2.45, 2.75) is 0 Å². The quantitative estimate of drug-likeness (QED) is 0.328. The Morgan fingerprint density at radius 3 is 2.07 bits per heavy atom. The molecule has 0 bridgehead atoms. The number of para-hydroxylation sites is 2. The number of hydrogen-bond acceptors (Lipinski definition) is 4. The molecular weight excluding hydrogens is 372 g/mol. The zero-order chi connectivity index (χ0) is 19.9. The maximum Gasteiger partial charge on any atom is 0.248 e. The molecule has 0 amide bonds. The van der Waals surface area contributed by atoms with Crippen LogP contribution in [0.4, 0.5) is 0 Å². The van der Waals surface area contributed by atoms with Crippen LogP contribution in [0.25, 0.3) is 56.0 Å². The summed E-state index contributed by atoms with van der Waals surface area (Å²) in [6, 6.07) is 32.2. The third-order valence-corrected chi connectivity index (χ3v) is 5.27. The molecule has 0 aliphatic carbocycles. The predicted molar refractivity (Wildman–Crippen MR) is 118 cm³/mol. The smallest absolute Gasteiger partial charge is 0.248 e. The van der Waals surface area contributed by atoms with Crippen LogP contribution in [0.2, 0.25) is 0 Å². The Labute approximate surface area is 172 Å². The molecule has 4 nitrogen and oxygen atoms in total. The molecular formula is C26H16N2O2. The highest BCUT2D eigenvalue weighted by Crippen LogP contribution is 2.36. The van der Waals surface area contributed by atoms with Gasteiger partial charge in [0, 0.05) is 27.5 Å². The molecule has 2 aromatic heterocycles. The number of benzene rings is 4. The lowest BCUT2D eigenvalue weighted by molar-refractivity contribution is 0.584. The van der Waals surface area contributed by atoms with E-state index in [1.54, 1.807) is 0 Å². The molecule has 0 N–H and O–H groups in total. The van der Waals surface area contributed by atoms with Crippen LogP contribution in [0.1, 0.15) is 0 Å². The Hall–Kier alpha value is -4.18. The van der Waals surface area contributed by atoms with E-state index in [-0.39, 0.29) is 0 Å². The molecule has 4 aromatic carbocycles. The van der Waals surface area contributed by atoms with Crippen molar-refractivity contribution in [3.05, 3.63) is 97.1 Å². The third-order valence-electron chi connectivity index (χ3n) is 5.27. The second kappa shape index (κ2) is 6.71. The van der Waals surface area contributed by atoms with Gasteiger partial charge in [-0.3, -0.25) is 0 Å². The summed E-state index contributed by atoms with van der Waals surface area (Å²) in [5, 5.41) is 10.7. The van der Waals surface area contributed by atoms with Crippen molar-refractivity contribution in [3.8, 4) is 34.0 Å². The van der Waals surface area contributed by atoms with E-state index in [4.69, 9.17) is 8.83 Å². The van der Waals surface area contributed by atoms with E-state index < -0.39 is 0 Å². The maximum atomic E-state index is 6.19. The van der Waals surface area contributed by atoms with Crippen molar-refractivity contribution in [2.75, 3.05) is 0 Å². The summed E-state index contributed by atoms with van der Waals surface area (Å²) in [5.74, 6) is 1.00. The van der Waals surface area contributed by atoms with Crippen LogP contribution in [-0.2, 0) is 0 Å². The standard InChI is InChI=1S/C26H16N2O2/c1-2-8-17(9-3-1)25-27-28-26(30-25)19-11-6-10-18(16-19)20-13-7-14-22-21-12-4-5-15-23(21)29-24(20)22/h1-16H. The van der Waals surface area contributed by atoms with Gasteiger partial charge in [-0.2, -0.15) is 0 Å². The van der Waals surface area contributed by atoms with Crippen molar-refractivity contribution in [2.24, 2.45) is 0 Å². The van der Waals surface area contributed by atoms with E-state index in [1.807, 2.05) is 60.7 Å². The van der Waals surface area contributed by atoms with Crippen LogP contribution in [0.15, 0.2) is 106 Å². The van der Waals surface area contributed by atoms with Crippen LogP contribution >= 0.6 is 0 Å². The van der Waals surface area contributed by atoms with Gasteiger partial charge in [0.05, 0.1) is 0 Å². The van der Waals surface area contributed by atoms with Crippen LogP contribution < -0.4 is 0 Å². The molecule has 0 atom stereocenters. The highest BCUT2D eigenvalue weighted by Gasteiger charge is 2.14. The van der Waals surface area contributed by atoms with Crippen molar-refractivity contribution in [1.82, 2.24) is 10.2 Å². The molecule has 2 heterocycles. The number of aromatic nitrogens is 2. The molecule has 6 aromatic rings. The van der Waals surface area contributed by atoms with Gasteiger partial charge in [0.2, 0.25) is 11.8 Å². The molecule has 0 aliphatic heterocycles. The fraction of sp³-hybridized carbons (Fsp3) is 0. The first-order valence-electron chi connectivity index (χ1n) is 9.77. The van der Waals surface area contributed by atoms with E-state index in [0.29, 0.717) is 11.8 Å². The molecule has 0 unspecified atom stereocenters. The first-order valence-corrected chi connectivity index (χ1v) is 9.77. The van der Waals surface area contributed by atoms with Crippen molar-refractivity contribution < 1.29 is 8.83 Å². The first-order chi connectivity index (χ1) is 14.9. The zero-order valence-corrected chi connectivity index (χ0v) is 15.9. The molecule has 30 heavy (non-hydrogen) atoms. The lowest BCUT2D eigenvalue weighted by atomic mass is 10.0. The molecule has 6 rings (SSSR count). The maximum absolute atomic E-state index is 6.19. The Balaban J connectivity index is 1.46. The van der Waals surface area contributed by atoms with Gasteiger partial charge in [0.1, 0.15) is 11.2 Å². The number of nitrogens with zero attached hydrogens (tertiary/aromatic N) is 2. The van der Waals surface area contributed by atoms with Gasteiger partial charge in [-0.25, -0.2) is 0 Å². The van der Waals surface area contributed by atoms with Gasteiger partial charge in [-0.05, 0) is 35.9 Å². The average molecular weight is 388 g/mol. The van der Waals surface area contributed by atoms with Gasteiger partial charge in [0.25, 0.3) is 0 Å². The highest BCUT2D eigenvalue weighted by atomic mass is 16.4. The minimum atomic E-state index is 0.493. The minimum Gasteiger partial charge on any atom is -0.455 e. The van der Waals surface area contributed by atoms with Crippen LogP contribution in [-0.4, -0.2) is 10.2 Å². The molecule has 142 valence electrons. The molecule has 0 radical (unpaired) electrons. The molecule has 4 heteroatoms. The molecule has 0 fully saturated rings. The van der Waals surface area contributed by atoms with Gasteiger partial charge in [-0.1, -0.05) is 66.7 Å². The van der Waals surface area contributed by atoms with Gasteiger partial charge in [-0.15, -0.1) is 10.2 Å². The Morgan fingerprint density at radius 2 is 1.17 bits per heavy atom. The van der Waals surface area contributed by atoms with Gasteiger partial charge in [0.15, 0.2) is 0 Å². The molecule has 0 spiro atoms. The summed E-state index contributed by atoms with van der Waals surface area (Å²) < 4.78 is 12.1. The zero-order valence-electron chi connectivity index (χ0n) is 15.9. The summed E-state index contributed by atoms with van der Waals surface area (Å²) in [6.07, 6.45) is 0. The van der Waals surface area contributed by atoms with Crippen LogP contribution in [0.3, 0.4) is 0 Å². The summed E-state index contributed by atoms with van der Waals surface area (Å²) in [7, 11) is 0. The number of fused-ring (bicyclic) bond motifs is 3. The van der Waals surface area contributed by atoms with Gasteiger partial charge < -0.3 is 8.83 Å². The van der Waals surface area contributed by atoms with Gasteiger partial charge >= 0.3 is 0 Å². The number of furan rings is 1. The van der Waals surface area contributed by atoms with E-state index in [1.165, 1.54) is 0 Å². The monoisotopic (exact) mass is 388 g/mol. The summed E-state index contributed by atoms with van der Waals surface area (Å²) in [4.78, 5) is 0. The van der Waals surface area contributed by atoms with E-state index in [9.17, 15) is 0 Å². The summed E-state index contributed by atoms with van der Waals surface area (Å²) >= 11 is 0. The van der Waals surface area contributed by atoms with E-state index in [2.05, 4.69) is 46.6 Å². The van der Waals surface area contributed by atoms with Crippen molar-refractivity contribution >= 4 is 21.9 Å². The summed E-state index contributed by atoms with van der Waals surface area (Å²) in [5.41, 5.74) is 5.62. The SMILES string of the molecule is c1ccc(-c2nnc(-c3cccc(-c4cccc5c4oc4ccccc45)c3)o2)cc1. The third kappa shape index (κ3) is 2.70. The van der Waals surface area contributed by atoms with Crippen molar-refractivity contribution in [1.29, 1.82) is 0 Å². The normalized spacial score (nSPS) is 11.3. The van der Waals surface area contributed by atoms with E-state index >= 15 is 0 Å². The molecule has 0 saturated heterocycles. The van der Waals surface area contributed by atoms with Crippen LogP contribution in [0, 0.1) is 0 Å². The Morgan fingerprint density at radius 1 is 0.500 bits per heavy atom. The number of rotatable bonds is 3. The average Bonchev–Trinajstić information content (AvgIpc) is 3.45.